The molecule has 1 saturated heterocycles. The highest BCUT2D eigenvalue weighted by Crippen LogP contribution is 2.18. The summed E-state index contributed by atoms with van der Waals surface area (Å²) in [5.41, 5.74) is -0.494. The Hall–Kier alpha value is -2.78. The van der Waals surface area contributed by atoms with Crippen molar-refractivity contribution in [1.29, 1.82) is 0 Å². The molecule has 0 aromatic carbocycles. The Morgan fingerprint density at radius 3 is 1.60 bits per heavy atom. The van der Waals surface area contributed by atoms with Crippen molar-refractivity contribution in [3.63, 3.8) is 0 Å². The van der Waals surface area contributed by atoms with Crippen LogP contribution in [0.15, 0.2) is 0 Å². The Labute approximate surface area is 176 Å². The fourth-order valence-corrected chi connectivity index (χ4v) is 1.76. The summed E-state index contributed by atoms with van der Waals surface area (Å²) in [5.74, 6) is -3.35. The molecule has 10 nitrogen and oxygen atoms in total. The van der Waals surface area contributed by atoms with Gasteiger partial charge in [-0.25, -0.2) is 0 Å². The number of Topliss-reactive ketones (excluding diaryl/α,β-unsaturated/α-hetero) is 2. The van der Waals surface area contributed by atoms with Gasteiger partial charge in [-0.15, -0.1) is 0 Å². The van der Waals surface area contributed by atoms with Gasteiger partial charge < -0.3 is 18.9 Å². The van der Waals surface area contributed by atoms with Gasteiger partial charge in [-0.3, -0.25) is 28.8 Å². The van der Waals surface area contributed by atoms with Crippen LogP contribution in [0.3, 0.4) is 0 Å². The molecule has 1 fully saturated rings. The van der Waals surface area contributed by atoms with Crippen molar-refractivity contribution >= 4 is 35.4 Å². The van der Waals surface area contributed by atoms with Gasteiger partial charge in [0, 0.05) is 13.8 Å². The predicted octanol–water partition coefficient (Wildman–Crippen LogP) is 2.05. The normalized spacial score (nSPS) is 14.4. The molecular formula is C20H32O10. The summed E-state index contributed by atoms with van der Waals surface area (Å²) in [6.07, 6.45) is -0.505. The Kier molecular flexibility index (Phi) is 13.2. The number of hydrogen-bond donors (Lipinski definition) is 0. The second kappa shape index (κ2) is 13.4. The molecule has 0 atom stereocenters. The molecule has 1 aliphatic heterocycles. The molecule has 0 amide bonds. The first-order valence-corrected chi connectivity index (χ1v) is 9.27. The van der Waals surface area contributed by atoms with Crippen molar-refractivity contribution in [3.05, 3.63) is 0 Å². The van der Waals surface area contributed by atoms with Crippen LogP contribution in [0.2, 0.25) is 0 Å². The van der Waals surface area contributed by atoms with E-state index >= 15 is 0 Å². The number of rotatable bonds is 5. The van der Waals surface area contributed by atoms with E-state index in [1.807, 2.05) is 0 Å². The molecule has 0 spiro atoms. The Balaban J connectivity index is 0. The standard InChI is InChI=1S/C8H14O3.C6H8O4.C6H10O3/c1-6(9)5-7(10)11-8(2,3)4;1-6(2)9-4(7)3-5(8)10-6;1-3-9-6(8)4-5(2)7/h5H2,1-4H3;3H2,1-2H3;3-4H2,1-2H3. The Morgan fingerprint density at radius 2 is 1.30 bits per heavy atom. The highest BCUT2D eigenvalue weighted by molar-refractivity contribution is 5.94. The van der Waals surface area contributed by atoms with Crippen LogP contribution in [0.5, 0.6) is 0 Å². The molecular weight excluding hydrogens is 400 g/mol. The molecule has 1 heterocycles. The first kappa shape index (κ1) is 29.4. The maximum Gasteiger partial charge on any atom is 0.320 e. The Morgan fingerprint density at radius 1 is 0.900 bits per heavy atom. The molecule has 0 aliphatic carbocycles. The fourth-order valence-electron chi connectivity index (χ4n) is 1.76. The first-order chi connectivity index (χ1) is 13.5. The summed E-state index contributed by atoms with van der Waals surface area (Å²) in [4.78, 5) is 63.0. The molecule has 0 aromatic heterocycles. The zero-order chi connectivity index (χ0) is 24.1. The SMILES string of the molecule is CC(=O)CC(=O)OC(C)(C)C.CC1(C)OC(=O)CC(=O)O1.CCOC(=O)CC(C)=O. The third-order valence-corrected chi connectivity index (χ3v) is 2.52. The minimum absolute atomic E-state index is 0.103. The van der Waals surface area contributed by atoms with Crippen LogP contribution < -0.4 is 0 Å². The maximum atomic E-state index is 10.8. The first-order valence-electron chi connectivity index (χ1n) is 9.27. The molecule has 10 heteroatoms. The van der Waals surface area contributed by atoms with Crippen LogP contribution in [-0.4, -0.2) is 53.4 Å². The molecule has 1 aliphatic rings. The third-order valence-electron chi connectivity index (χ3n) is 2.52. The minimum atomic E-state index is -1.08. The zero-order valence-electron chi connectivity index (χ0n) is 18.9. The van der Waals surface area contributed by atoms with Crippen molar-refractivity contribution in [1.82, 2.24) is 0 Å². The molecule has 0 aromatic rings. The summed E-state index contributed by atoms with van der Waals surface area (Å²) in [7, 11) is 0. The number of ether oxygens (including phenoxy) is 4. The zero-order valence-corrected chi connectivity index (χ0v) is 18.9. The maximum absolute atomic E-state index is 10.8. The molecule has 0 saturated carbocycles. The second-order valence-electron chi connectivity index (χ2n) is 7.67. The molecule has 0 N–H and O–H groups in total. The van der Waals surface area contributed by atoms with Crippen LogP contribution in [-0.2, 0) is 47.7 Å². The van der Waals surface area contributed by atoms with Gasteiger partial charge in [0.05, 0.1) is 6.61 Å². The lowest BCUT2D eigenvalue weighted by atomic mass is 10.2. The van der Waals surface area contributed by atoms with Gasteiger partial charge in [0.15, 0.2) is 0 Å². The van der Waals surface area contributed by atoms with Crippen molar-refractivity contribution in [2.45, 2.75) is 86.0 Å². The van der Waals surface area contributed by atoms with Crippen molar-refractivity contribution in [2.75, 3.05) is 6.61 Å². The number of cyclic esters (lactones) is 2. The Bertz CT molecular complexity index is 622. The molecule has 0 bridgehead atoms. The lowest BCUT2D eigenvalue weighted by Gasteiger charge is -2.28. The van der Waals surface area contributed by atoms with Gasteiger partial charge in [-0.2, -0.15) is 0 Å². The summed E-state index contributed by atoms with van der Waals surface area (Å²) in [6, 6.07) is 0. The van der Waals surface area contributed by atoms with Gasteiger partial charge in [0.1, 0.15) is 36.4 Å². The number of ketones is 2. The van der Waals surface area contributed by atoms with Crippen LogP contribution in [0.4, 0.5) is 0 Å². The summed E-state index contributed by atoms with van der Waals surface area (Å²) in [6.45, 7) is 13.1. The lowest BCUT2D eigenvalue weighted by Crippen LogP contribution is -2.39. The van der Waals surface area contributed by atoms with Crippen LogP contribution in [0.1, 0.15) is 74.7 Å². The quantitative estimate of drug-likeness (QED) is 0.360. The average Bonchev–Trinajstić information content (AvgIpc) is 2.41. The average molecular weight is 432 g/mol. The van der Waals surface area contributed by atoms with E-state index in [0.717, 1.165) is 0 Å². The number of carbonyl (C=O) groups excluding carboxylic acids is 6. The summed E-state index contributed by atoms with van der Waals surface area (Å²) in [5, 5.41) is 0. The molecule has 1 rings (SSSR count). The highest BCUT2D eigenvalue weighted by Gasteiger charge is 2.34. The van der Waals surface area contributed by atoms with E-state index in [0.29, 0.717) is 6.61 Å². The van der Waals surface area contributed by atoms with Crippen molar-refractivity contribution < 1.29 is 47.7 Å². The van der Waals surface area contributed by atoms with Gasteiger partial charge in [-0.1, -0.05) is 0 Å². The van der Waals surface area contributed by atoms with Crippen molar-refractivity contribution in [2.24, 2.45) is 0 Å². The smallest absolute Gasteiger partial charge is 0.320 e. The van der Waals surface area contributed by atoms with Gasteiger partial charge in [0.25, 0.3) is 5.79 Å². The third kappa shape index (κ3) is 20.0. The molecule has 0 radical (unpaired) electrons. The highest BCUT2D eigenvalue weighted by atomic mass is 16.7. The van der Waals surface area contributed by atoms with E-state index in [9.17, 15) is 28.8 Å². The lowest BCUT2D eigenvalue weighted by molar-refractivity contribution is -0.231. The minimum Gasteiger partial charge on any atom is -0.466 e. The van der Waals surface area contributed by atoms with E-state index in [1.165, 1.54) is 27.7 Å². The monoisotopic (exact) mass is 432 g/mol. The van der Waals surface area contributed by atoms with Crippen molar-refractivity contribution in [3.8, 4) is 0 Å². The number of esters is 4. The number of carbonyl (C=O) groups is 6. The van der Waals surface area contributed by atoms with Crippen LogP contribution in [0.25, 0.3) is 0 Å². The van der Waals surface area contributed by atoms with E-state index < -0.39 is 35.3 Å². The van der Waals surface area contributed by atoms with Crippen LogP contribution in [0, 0.1) is 0 Å². The molecule has 172 valence electrons. The second-order valence-corrected chi connectivity index (χ2v) is 7.67. The largest absolute Gasteiger partial charge is 0.466 e. The molecule has 0 unspecified atom stereocenters. The fraction of sp³-hybridized carbons (Fsp3) is 0.700. The van der Waals surface area contributed by atoms with Crippen LogP contribution >= 0.6 is 0 Å². The van der Waals surface area contributed by atoms with E-state index in [-0.39, 0.29) is 30.8 Å². The number of hydrogen-bond acceptors (Lipinski definition) is 10. The van der Waals surface area contributed by atoms with Gasteiger partial charge in [-0.05, 0) is 41.5 Å². The van der Waals surface area contributed by atoms with Gasteiger partial charge >= 0.3 is 23.9 Å². The summed E-state index contributed by atoms with van der Waals surface area (Å²) >= 11 is 0. The van der Waals surface area contributed by atoms with E-state index in [2.05, 4.69) is 14.2 Å². The molecule has 30 heavy (non-hydrogen) atoms. The van der Waals surface area contributed by atoms with E-state index in [4.69, 9.17) is 4.74 Å². The topological polar surface area (TPSA) is 139 Å². The summed E-state index contributed by atoms with van der Waals surface area (Å²) < 4.78 is 18.7. The van der Waals surface area contributed by atoms with Gasteiger partial charge in [0.2, 0.25) is 0 Å². The predicted molar refractivity (Wildman–Crippen MR) is 104 cm³/mol. The van der Waals surface area contributed by atoms with E-state index in [1.54, 1.807) is 27.7 Å².